The van der Waals surface area contributed by atoms with E-state index in [1.54, 1.807) is 0 Å². The summed E-state index contributed by atoms with van der Waals surface area (Å²) in [5.41, 5.74) is 0. The van der Waals surface area contributed by atoms with Crippen molar-refractivity contribution in [1.82, 2.24) is 10.1 Å². The molecule has 0 amide bonds. The third-order valence-electron chi connectivity index (χ3n) is 3.14. The molecular weight excluding hydrogens is 192 g/mol. The molecule has 1 aliphatic rings. The minimum Gasteiger partial charge on any atom is -0.388 e. The molecule has 15 heavy (non-hydrogen) atoms. The third-order valence-corrected chi connectivity index (χ3v) is 3.14. The van der Waals surface area contributed by atoms with Crippen LogP contribution in [0.2, 0.25) is 0 Å². The SMILES string of the molecule is OCc1noc(CCC2CCCCC2)n1. The lowest BCUT2D eigenvalue weighted by Crippen LogP contribution is -2.07. The Morgan fingerprint density at radius 3 is 2.73 bits per heavy atom. The Morgan fingerprint density at radius 2 is 2.07 bits per heavy atom. The molecule has 0 spiro atoms. The summed E-state index contributed by atoms with van der Waals surface area (Å²) in [5, 5.41) is 12.4. The standard InChI is InChI=1S/C11H18N2O2/c14-8-10-12-11(15-13-10)7-6-9-4-2-1-3-5-9/h9,14H,1-8H2. The monoisotopic (exact) mass is 210 g/mol. The number of aliphatic hydroxyl groups is 1. The van der Waals surface area contributed by atoms with Crippen molar-refractivity contribution in [1.29, 1.82) is 0 Å². The van der Waals surface area contributed by atoms with E-state index < -0.39 is 0 Å². The number of hydrogen-bond acceptors (Lipinski definition) is 4. The van der Waals surface area contributed by atoms with Gasteiger partial charge in [0.1, 0.15) is 6.61 Å². The molecule has 0 saturated heterocycles. The average molecular weight is 210 g/mol. The second-order valence-electron chi connectivity index (χ2n) is 4.31. The van der Waals surface area contributed by atoms with E-state index in [1.807, 2.05) is 0 Å². The molecule has 1 aromatic heterocycles. The highest BCUT2D eigenvalue weighted by molar-refractivity contribution is 4.85. The zero-order chi connectivity index (χ0) is 10.5. The van der Waals surface area contributed by atoms with Gasteiger partial charge in [0.2, 0.25) is 5.89 Å². The highest BCUT2D eigenvalue weighted by Crippen LogP contribution is 2.27. The summed E-state index contributed by atoms with van der Waals surface area (Å²) in [6.45, 7) is -0.132. The molecule has 1 fully saturated rings. The van der Waals surface area contributed by atoms with Gasteiger partial charge in [-0.2, -0.15) is 4.98 Å². The van der Waals surface area contributed by atoms with E-state index in [0.717, 1.165) is 18.8 Å². The Labute approximate surface area is 89.7 Å². The van der Waals surface area contributed by atoms with Crippen molar-refractivity contribution in [2.24, 2.45) is 5.92 Å². The topological polar surface area (TPSA) is 59.2 Å². The molecule has 84 valence electrons. The third kappa shape index (κ3) is 3.02. The van der Waals surface area contributed by atoms with Gasteiger partial charge in [0.05, 0.1) is 0 Å². The largest absolute Gasteiger partial charge is 0.388 e. The number of aromatic nitrogens is 2. The van der Waals surface area contributed by atoms with Crippen molar-refractivity contribution >= 4 is 0 Å². The van der Waals surface area contributed by atoms with Gasteiger partial charge in [0.25, 0.3) is 0 Å². The maximum atomic E-state index is 8.78. The molecule has 0 aliphatic heterocycles. The van der Waals surface area contributed by atoms with E-state index in [-0.39, 0.29) is 6.61 Å². The maximum Gasteiger partial charge on any atom is 0.226 e. The zero-order valence-corrected chi connectivity index (χ0v) is 8.98. The van der Waals surface area contributed by atoms with Gasteiger partial charge in [0, 0.05) is 6.42 Å². The first-order chi connectivity index (χ1) is 7.38. The quantitative estimate of drug-likeness (QED) is 0.826. The first-order valence-corrected chi connectivity index (χ1v) is 5.81. The van der Waals surface area contributed by atoms with E-state index in [9.17, 15) is 0 Å². The zero-order valence-electron chi connectivity index (χ0n) is 8.98. The van der Waals surface area contributed by atoms with E-state index in [1.165, 1.54) is 32.1 Å². The van der Waals surface area contributed by atoms with E-state index in [2.05, 4.69) is 10.1 Å². The van der Waals surface area contributed by atoms with Crippen LogP contribution in [0.4, 0.5) is 0 Å². The number of nitrogens with zero attached hydrogens (tertiary/aromatic N) is 2. The molecular formula is C11H18N2O2. The fourth-order valence-electron chi connectivity index (χ4n) is 2.26. The first kappa shape index (κ1) is 10.6. The molecule has 1 heterocycles. The number of aryl methyl sites for hydroxylation is 1. The Hall–Kier alpha value is -0.900. The highest BCUT2D eigenvalue weighted by Gasteiger charge is 2.14. The Kier molecular flexibility index (Phi) is 3.72. The van der Waals surface area contributed by atoms with E-state index >= 15 is 0 Å². The Bertz CT molecular complexity index is 293. The summed E-state index contributed by atoms with van der Waals surface area (Å²) in [6.07, 6.45) is 8.84. The molecule has 0 atom stereocenters. The molecule has 0 bridgehead atoms. The summed E-state index contributed by atoms with van der Waals surface area (Å²) in [6, 6.07) is 0. The fourth-order valence-corrected chi connectivity index (χ4v) is 2.26. The molecule has 1 saturated carbocycles. The molecule has 1 aliphatic carbocycles. The van der Waals surface area contributed by atoms with Gasteiger partial charge in [-0.1, -0.05) is 37.3 Å². The lowest BCUT2D eigenvalue weighted by atomic mass is 9.86. The molecule has 4 nitrogen and oxygen atoms in total. The molecule has 1 N–H and O–H groups in total. The van der Waals surface area contributed by atoms with Crippen LogP contribution in [0.3, 0.4) is 0 Å². The van der Waals surface area contributed by atoms with Gasteiger partial charge in [-0.25, -0.2) is 0 Å². The van der Waals surface area contributed by atoms with Crippen molar-refractivity contribution in [3.05, 3.63) is 11.7 Å². The lowest BCUT2D eigenvalue weighted by Gasteiger charge is -2.20. The van der Waals surface area contributed by atoms with Crippen LogP contribution in [-0.2, 0) is 13.0 Å². The summed E-state index contributed by atoms with van der Waals surface area (Å²) >= 11 is 0. The van der Waals surface area contributed by atoms with Crippen LogP contribution in [0.25, 0.3) is 0 Å². The van der Waals surface area contributed by atoms with E-state index in [4.69, 9.17) is 9.63 Å². The summed E-state index contributed by atoms with van der Waals surface area (Å²) in [4.78, 5) is 4.09. The predicted molar refractivity (Wildman–Crippen MR) is 55.1 cm³/mol. The molecule has 2 rings (SSSR count). The highest BCUT2D eigenvalue weighted by atomic mass is 16.5. The number of aliphatic hydroxyl groups excluding tert-OH is 1. The first-order valence-electron chi connectivity index (χ1n) is 5.81. The minimum atomic E-state index is -0.132. The molecule has 0 aromatic carbocycles. The lowest BCUT2D eigenvalue weighted by molar-refractivity contribution is 0.262. The summed E-state index contributed by atoms with van der Waals surface area (Å²) in [7, 11) is 0. The number of hydrogen-bond donors (Lipinski definition) is 1. The van der Waals surface area contributed by atoms with Gasteiger partial charge < -0.3 is 9.63 Å². The summed E-state index contributed by atoms with van der Waals surface area (Å²) < 4.78 is 5.03. The van der Waals surface area contributed by atoms with Crippen molar-refractivity contribution in [3.63, 3.8) is 0 Å². The molecule has 1 aromatic rings. The van der Waals surface area contributed by atoms with Crippen molar-refractivity contribution < 1.29 is 9.63 Å². The Morgan fingerprint density at radius 1 is 1.27 bits per heavy atom. The van der Waals surface area contributed by atoms with Gasteiger partial charge >= 0.3 is 0 Å². The molecule has 0 unspecified atom stereocenters. The van der Waals surface area contributed by atoms with Crippen LogP contribution >= 0.6 is 0 Å². The smallest absolute Gasteiger partial charge is 0.226 e. The van der Waals surface area contributed by atoms with Gasteiger partial charge in [0.15, 0.2) is 5.82 Å². The van der Waals surface area contributed by atoms with Crippen LogP contribution in [-0.4, -0.2) is 15.2 Å². The van der Waals surface area contributed by atoms with Crippen LogP contribution in [0.5, 0.6) is 0 Å². The fraction of sp³-hybridized carbons (Fsp3) is 0.818. The average Bonchev–Trinajstić information content (AvgIpc) is 2.76. The normalized spacial score (nSPS) is 18.2. The van der Waals surface area contributed by atoms with Crippen molar-refractivity contribution in [2.75, 3.05) is 0 Å². The van der Waals surface area contributed by atoms with Crippen LogP contribution < -0.4 is 0 Å². The van der Waals surface area contributed by atoms with E-state index in [0.29, 0.717) is 11.7 Å². The van der Waals surface area contributed by atoms with Gasteiger partial charge in [-0.3, -0.25) is 0 Å². The van der Waals surface area contributed by atoms with Crippen LogP contribution in [0, 0.1) is 5.92 Å². The van der Waals surface area contributed by atoms with Crippen molar-refractivity contribution in [2.45, 2.75) is 51.6 Å². The molecule has 4 heteroatoms. The second kappa shape index (κ2) is 5.26. The number of rotatable bonds is 4. The summed E-state index contributed by atoms with van der Waals surface area (Å²) in [5.74, 6) is 1.90. The van der Waals surface area contributed by atoms with Crippen LogP contribution in [0.1, 0.15) is 50.2 Å². The molecule has 0 radical (unpaired) electrons. The minimum absolute atomic E-state index is 0.132. The van der Waals surface area contributed by atoms with Gasteiger partial charge in [-0.15, -0.1) is 0 Å². The predicted octanol–water partition coefficient (Wildman–Crippen LogP) is 2.07. The van der Waals surface area contributed by atoms with Gasteiger partial charge in [-0.05, 0) is 12.3 Å². The Balaban J connectivity index is 1.76. The van der Waals surface area contributed by atoms with Crippen LogP contribution in [0.15, 0.2) is 4.52 Å². The maximum absolute atomic E-state index is 8.78. The van der Waals surface area contributed by atoms with Crippen molar-refractivity contribution in [3.8, 4) is 0 Å². The second-order valence-corrected chi connectivity index (χ2v) is 4.31.